The van der Waals surface area contributed by atoms with Crippen molar-refractivity contribution < 1.29 is 0 Å². The van der Waals surface area contributed by atoms with Gasteiger partial charge in [0.2, 0.25) is 0 Å². The maximum absolute atomic E-state index is 2.36. The number of hydrogen-bond donors (Lipinski definition) is 0. The van der Waals surface area contributed by atoms with Crippen LogP contribution in [0.5, 0.6) is 0 Å². The highest BCUT2D eigenvalue weighted by atomic mass is 14.1. The first kappa shape index (κ1) is 18.8. The summed E-state index contributed by atoms with van der Waals surface area (Å²) in [5.41, 5.74) is 3.02. The summed E-state index contributed by atoms with van der Waals surface area (Å²) >= 11 is 0. The van der Waals surface area contributed by atoms with Crippen molar-refractivity contribution in [3.8, 4) is 0 Å². The topological polar surface area (TPSA) is 0 Å². The first-order valence-corrected chi connectivity index (χ1v) is 9.91. The second-order valence-electron chi connectivity index (χ2n) is 7.17. The molecule has 0 N–H and O–H groups in total. The molecule has 2 unspecified atom stereocenters. The lowest BCUT2D eigenvalue weighted by Crippen LogP contribution is -1.97. The van der Waals surface area contributed by atoms with E-state index in [9.17, 15) is 0 Å². The Morgan fingerprint density at radius 3 is 1.71 bits per heavy atom. The van der Waals surface area contributed by atoms with Gasteiger partial charge in [0.05, 0.1) is 0 Å². The van der Waals surface area contributed by atoms with Gasteiger partial charge >= 0.3 is 0 Å². The minimum Gasteiger partial charge on any atom is -0.0648 e. The van der Waals surface area contributed by atoms with E-state index >= 15 is 0 Å². The molecule has 130 valence electrons. The number of hydrogen-bond acceptors (Lipinski definition) is 0. The molecule has 0 saturated heterocycles. The van der Waals surface area contributed by atoms with Crippen molar-refractivity contribution in [3.05, 3.63) is 71.8 Å². The number of rotatable bonds is 11. The van der Waals surface area contributed by atoms with Crippen molar-refractivity contribution in [3.63, 3.8) is 0 Å². The van der Waals surface area contributed by atoms with Crippen LogP contribution in [0.15, 0.2) is 60.7 Å². The van der Waals surface area contributed by atoms with E-state index in [4.69, 9.17) is 0 Å². The van der Waals surface area contributed by atoms with Crippen LogP contribution in [0.2, 0.25) is 0 Å². The van der Waals surface area contributed by atoms with E-state index in [2.05, 4.69) is 74.5 Å². The average Bonchev–Trinajstić information content (AvgIpc) is 2.65. The standard InChI is InChI=1S/C24H34/c1-3-22(24-19-13-8-14-20-24)16-10-6-4-5-9-15-21(2)23-17-11-7-12-18-23/h7-8,11-14,17-22H,3-6,9-10,15-16H2,1-2H3. The molecule has 2 atom stereocenters. The highest BCUT2D eigenvalue weighted by molar-refractivity contribution is 5.19. The van der Waals surface area contributed by atoms with Crippen LogP contribution < -0.4 is 0 Å². The Hall–Kier alpha value is -1.56. The van der Waals surface area contributed by atoms with E-state index in [1.165, 1.54) is 62.5 Å². The quantitative estimate of drug-likeness (QED) is 0.371. The van der Waals surface area contributed by atoms with Gasteiger partial charge in [-0.2, -0.15) is 0 Å². The van der Waals surface area contributed by atoms with E-state index in [1.807, 2.05) is 0 Å². The molecule has 24 heavy (non-hydrogen) atoms. The molecule has 0 fully saturated rings. The van der Waals surface area contributed by atoms with Gasteiger partial charge in [0, 0.05) is 0 Å². The summed E-state index contributed by atoms with van der Waals surface area (Å²) in [5, 5.41) is 0. The summed E-state index contributed by atoms with van der Waals surface area (Å²) in [6.07, 6.45) is 10.9. The van der Waals surface area contributed by atoms with Gasteiger partial charge in [-0.3, -0.25) is 0 Å². The van der Waals surface area contributed by atoms with E-state index in [1.54, 1.807) is 0 Å². The van der Waals surface area contributed by atoms with Crippen LogP contribution in [0.25, 0.3) is 0 Å². The predicted octanol–water partition coefficient (Wildman–Crippen LogP) is 7.71. The van der Waals surface area contributed by atoms with Crippen LogP contribution in [-0.4, -0.2) is 0 Å². The molecular weight excluding hydrogens is 288 g/mol. The highest BCUT2D eigenvalue weighted by Crippen LogP contribution is 2.26. The van der Waals surface area contributed by atoms with Crippen LogP contribution in [0.3, 0.4) is 0 Å². The van der Waals surface area contributed by atoms with Crippen LogP contribution in [0.1, 0.15) is 88.2 Å². The minimum atomic E-state index is 0.703. The molecule has 0 saturated carbocycles. The van der Waals surface area contributed by atoms with Gasteiger partial charge < -0.3 is 0 Å². The third-order valence-electron chi connectivity index (χ3n) is 5.32. The van der Waals surface area contributed by atoms with Gasteiger partial charge in [0.15, 0.2) is 0 Å². The first-order valence-electron chi connectivity index (χ1n) is 9.91. The molecular formula is C24H34. The van der Waals surface area contributed by atoms with Crippen LogP contribution in [0.4, 0.5) is 0 Å². The maximum atomic E-state index is 2.36. The summed E-state index contributed by atoms with van der Waals surface area (Å²) in [5.74, 6) is 1.46. The fourth-order valence-electron chi connectivity index (χ4n) is 3.65. The fourth-order valence-corrected chi connectivity index (χ4v) is 3.65. The smallest absolute Gasteiger partial charge is 0.0165 e. The van der Waals surface area contributed by atoms with Gasteiger partial charge in [-0.25, -0.2) is 0 Å². The van der Waals surface area contributed by atoms with Crippen molar-refractivity contribution in [1.29, 1.82) is 0 Å². The van der Waals surface area contributed by atoms with Crippen LogP contribution in [0, 0.1) is 0 Å². The zero-order valence-corrected chi connectivity index (χ0v) is 15.6. The van der Waals surface area contributed by atoms with Crippen molar-refractivity contribution in [2.24, 2.45) is 0 Å². The maximum Gasteiger partial charge on any atom is -0.0165 e. The zero-order valence-electron chi connectivity index (χ0n) is 15.6. The largest absolute Gasteiger partial charge is 0.0648 e. The molecule has 0 aliphatic carbocycles. The Morgan fingerprint density at radius 2 is 1.12 bits per heavy atom. The fraction of sp³-hybridized carbons (Fsp3) is 0.500. The van der Waals surface area contributed by atoms with E-state index in [0.29, 0.717) is 5.92 Å². The van der Waals surface area contributed by atoms with Gasteiger partial charge in [0.1, 0.15) is 0 Å². The predicted molar refractivity (Wildman–Crippen MR) is 107 cm³/mol. The molecule has 0 heterocycles. The SMILES string of the molecule is CCC(CCCCCCCC(C)c1ccccc1)c1ccccc1. The van der Waals surface area contributed by atoms with E-state index < -0.39 is 0 Å². The lowest BCUT2D eigenvalue weighted by atomic mass is 9.90. The Balaban J connectivity index is 1.55. The lowest BCUT2D eigenvalue weighted by Gasteiger charge is -2.15. The molecule has 0 amide bonds. The highest BCUT2D eigenvalue weighted by Gasteiger charge is 2.08. The second-order valence-corrected chi connectivity index (χ2v) is 7.17. The molecule has 0 bridgehead atoms. The summed E-state index contributed by atoms with van der Waals surface area (Å²) in [6, 6.07) is 22.0. The zero-order chi connectivity index (χ0) is 17.0. The van der Waals surface area contributed by atoms with Crippen molar-refractivity contribution >= 4 is 0 Å². The first-order chi connectivity index (χ1) is 11.8. The van der Waals surface area contributed by atoms with Gasteiger partial charge in [-0.1, -0.05) is 107 Å². The monoisotopic (exact) mass is 322 g/mol. The minimum absolute atomic E-state index is 0.703. The van der Waals surface area contributed by atoms with Crippen molar-refractivity contribution in [2.45, 2.75) is 77.0 Å². The van der Waals surface area contributed by atoms with Gasteiger partial charge in [-0.15, -0.1) is 0 Å². The third-order valence-corrected chi connectivity index (χ3v) is 5.32. The molecule has 0 radical (unpaired) electrons. The van der Waals surface area contributed by atoms with Gasteiger partial charge in [-0.05, 0) is 42.2 Å². The molecule has 0 aliphatic heterocycles. The summed E-state index contributed by atoms with van der Waals surface area (Å²) in [6.45, 7) is 4.68. The molecule has 2 aromatic rings. The summed E-state index contributed by atoms with van der Waals surface area (Å²) < 4.78 is 0. The molecule has 0 spiro atoms. The van der Waals surface area contributed by atoms with Crippen LogP contribution in [-0.2, 0) is 0 Å². The summed E-state index contributed by atoms with van der Waals surface area (Å²) in [4.78, 5) is 0. The Labute approximate surface area is 149 Å². The Kier molecular flexibility index (Phi) is 8.66. The average molecular weight is 323 g/mol. The molecule has 0 aromatic heterocycles. The van der Waals surface area contributed by atoms with Gasteiger partial charge in [0.25, 0.3) is 0 Å². The molecule has 0 aliphatic rings. The third kappa shape index (κ3) is 6.51. The lowest BCUT2D eigenvalue weighted by molar-refractivity contribution is 0.517. The molecule has 0 heteroatoms. The summed E-state index contributed by atoms with van der Waals surface area (Å²) in [7, 11) is 0. The molecule has 2 aromatic carbocycles. The second kappa shape index (κ2) is 11.1. The Bertz CT molecular complexity index is 528. The van der Waals surface area contributed by atoms with Crippen molar-refractivity contribution in [1.82, 2.24) is 0 Å². The number of benzene rings is 2. The van der Waals surface area contributed by atoms with E-state index in [-0.39, 0.29) is 0 Å². The molecule has 2 rings (SSSR count). The van der Waals surface area contributed by atoms with Crippen LogP contribution >= 0.6 is 0 Å². The Morgan fingerprint density at radius 1 is 0.625 bits per heavy atom. The van der Waals surface area contributed by atoms with E-state index in [0.717, 1.165) is 5.92 Å². The number of unbranched alkanes of at least 4 members (excludes halogenated alkanes) is 4. The van der Waals surface area contributed by atoms with Crippen molar-refractivity contribution in [2.75, 3.05) is 0 Å². The molecule has 0 nitrogen and oxygen atoms in total. The normalized spacial score (nSPS) is 13.6.